The number of imidazole rings is 1. The molecular weight excluding hydrogens is 317 g/mol. The molecule has 0 aliphatic carbocycles. The fourth-order valence-corrected chi connectivity index (χ4v) is 2.85. The van der Waals surface area contributed by atoms with Crippen LogP contribution >= 0.6 is 24.8 Å². The van der Waals surface area contributed by atoms with Crippen LogP contribution in [0.4, 0.5) is 0 Å². The van der Waals surface area contributed by atoms with Gasteiger partial charge < -0.3 is 9.88 Å². The van der Waals surface area contributed by atoms with Crippen molar-refractivity contribution in [3.05, 3.63) is 48.4 Å². The van der Waals surface area contributed by atoms with Gasteiger partial charge in [-0.2, -0.15) is 0 Å². The van der Waals surface area contributed by atoms with Crippen molar-refractivity contribution in [3.63, 3.8) is 0 Å². The molecule has 2 heterocycles. The van der Waals surface area contributed by atoms with Crippen LogP contribution in [0.15, 0.2) is 42.7 Å². The van der Waals surface area contributed by atoms with Gasteiger partial charge in [0.05, 0.1) is 17.7 Å². The first kappa shape index (κ1) is 18.8. The third-order valence-electron chi connectivity index (χ3n) is 4.08. The molecule has 0 bridgehead atoms. The third-order valence-corrected chi connectivity index (χ3v) is 4.08. The standard InChI is InChI=1S/C17H21N3.2ClH/c1-3-13(2)17-16(14-7-5-4-6-8-14)19-12-20(17)15-9-10-18-11-15;;/h3-8,12,15,18H,9-11H2,1-2H3;2*1H. The molecule has 1 N–H and O–H groups in total. The Kier molecular flexibility index (Phi) is 7.14. The molecule has 1 aliphatic rings. The summed E-state index contributed by atoms with van der Waals surface area (Å²) in [5, 5.41) is 3.44. The van der Waals surface area contributed by atoms with Crippen LogP contribution in [0.25, 0.3) is 16.8 Å². The number of allylic oxidation sites excluding steroid dienone is 2. The van der Waals surface area contributed by atoms with E-state index in [-0.39, 0.29) is 24.8 Å². The molecular formula is C17H23Cl2N3. The van der Waals surface area contributed by atoms with Gasteiger partial charge >= 0.3 is 0 Å². The van der Waals surface area contributed by atoms with E-state index in [1.807, 2.05) is 12.4 Å². The van der Waals surface area contributed by atoms with Gasteiger partial charge in [-0.1, -0.05) is 36.4 Å². The van der Waals surface area contributed by atoms with Crippen molar-refractivity contribution in [1.29, 1.82) is 0 Å². The molecule has 1 aromatic heterocycles. The number of hydrogen-bond acceptors (Lipinski definition) is 2. The van der Waals surface area contributed by atoms with Crippen molar-refractivity contribution in [3.8, 4) is 11.3 Å². The first-order chi connectivity index (χ1) is 9.81. The maximum absolute atomic E-state index is 4.69. The van der Waals surface area contributed by atoms with Crippen LogP contribution in [0, 0.1) is 0 Å². The lowest BCUT2D eigenvalue weighted by Gasteiger charge is -2.16. The predicted molar refractivity (Wildman–Crippen MR) is 98.0 cm³/mol. The summed E-state index contributed by atoms with van der Waals surface area (Å²) in [6.07, 6.45) is 5.35. The molecule has 2 aromatic rings. The zero-order chi connectivity index (χ0) is 13.9. The molecule has 0 spiro atoms. The minimum atomic E-state index is 0. The van der Waals surface area contributed by atoms with Crippen LogP contribution in [0.1, 0.15) is 32.0 Å². The van der Waals surface area contributed by atoms with E-state index in [0.717, 1.165) is 18.8 Å². The highest BCUT2D eigenvalue weighted by Crippen LogP contribution is 2.31. The van der Waals surface area contributed by atoms with Crippen molar-refractivity contribution in [2.45, 2.75) is 26.3 Å². The summed E-state index contributed by atoms with van der Waals surface area (Å²) in [6, 6.07) is 11.0. The summed E-state index contributed by atoms with van der Waals surface area (Å²) < 4.78 is 2.34. The number of halogens is 2. The fourth-order valence-electron chi connectivity index (χ4n) is 2.85. The second-order valence-corrected chi connectivity index (χ2v) is 5.33. The van der Waals surface area contributed by atoms with Gasteiger partial charge in [0.1, 0.15) is 0 Å². The van der Waals surface area contributed by atoms with Gasteiger partial charge in [-0.15, -0.1) is 24.8 Å². The van der Waals surface area contributed by atoms with Crippen molar-refractivity contribution < 1.29 is 0 Å². The normalized spacial score (nSPS) is 17.7. The maximum Gasteiger partial charge on any atom is 0.0961 e. The molecule has 1 atom stereocenters. The molecule has 22 heavy (non-hydrogen) atoms. The Morgan fingerprint density at radius 1 is 1.27 bits per heavy atom. The highest BCUT2D eigenvalue weighted by molar-refractivity contribution is 5.85. The van der Waals surface area contributed by atoms with E-state index in [1.54, 1.807) is 0 Å². The van der Waals surface area contributed by atoms with E-state index in [2.05, 4.69) is 54.1 Å². The lowest BCUT2D eigenvalue weighted by molar-refractivity contribution is 0.542. The molecule has 1 saturated heterocycles. The maximum atomic E-state index is 4.69. The molecule has 3 rings (SSSR count). The molecule has 0 saturated carbocycles. The summed E-state index contributed by atoms with van der Waals surface area (Å²) in [4.78, 5) is 4.69. The van der Waals surface area contributed by atoms with E-state index in [4.69, 9.17) is 4.98 Å². The number of aromatic nitrogens is 2. The fraction of sp³-hybridized carbons (Fsp3) is 0.353. The number of rotatable bonds is 3. The summed E-state index contributed by atoms with van der Waals surface area (Å²) >= 11 is 0. The Hall–Kier alpha value is -1.29. The number of nitrogens with zero attached hydrogens (tertiary/aromatic N) is 2. The van der Waals surface area contributed by atoms with Crippen LogP contribution in [0.5, 0.6) is 0 Å². The number of hydrogen-bond donors (Lipinski definition) is 1. The van der Waals surface area contributed by atoms with E-state index in [1.165, 1.54) is 23.3 Å². The smallest absolute Gasteiger partial charge is 0.0961 e. The van der Waals surface area contributed by atoms with Crippen molar-refractivity contribution in [2.24, 2.45) is 0 Å². The van der Waals surface area contributed by atoms with Gasteiger partial charge in [0.15, 0.2) is 0 Å². The van der Waals surface area contributed by atoms with Crippen LogP contribution in [0.3, 0.4) is 0 Å². The molecule has 3 nitrogen and oxygen atoms in total. The zero-order valence-electron chi connectivity index (χ0n) is 13.0. The Bertz CT molecular complexity index is 614. The summed E-state index contributed by atoms with van der Waals surface area (Å²) in [6.45, 7) is 6.39. The highest BCUT2D eigenvalue weighted by atomic mass is 35.5. The monoisotopic (exact) mass is 339 g/mol. The molecule has 0 amide bonds. The topological polar surface area (TPSA) is 29.9 Å². The van der Waals surface area contributed by atoms with E-state index in [9.17, 15) is 0 Å². The Morgan fingerprint density at radius 3 is 2.59 bits per heavy atom. The Morgan fingerprint density at radius 2 is 2.00 bits per heavy atom. The first-order valence-corrected chi connectivity index (χ1v) is 7.27. The lowest BCUT2D eigenvalue weighted by atomic mass is 10.0. The number of nitrogens with one attached hydrogen (secondary N) is 1. The van der Waals surface area contributed by atoms with Crippen LogP contribution in [0.2, 0.25) is 0 Å². The van der Waals surface area contributed by atoms with Gasteiger partial charge in [0, 0.05) is 18.2 Å². The third kappa shape index (κ3) is 3.54. The van der Waals surface area contributed by atoms with E-state index in [0.29, 0.717) is 6.04 Å². The van der Waals surface area contributed by atoms with E-state index >= 15 is 0 Å². The average Bonchev–Trinajstić information content (AvgIpc) is 3.16. The summed E-state index contributed by atoms with van der Waals surface area (Å²) in [5.74, 6) is 0. The Balaban J connectivity index is 0.00000121. The van der Waals surface area contributed by atoms with Crippen molar-refractivity contribution >= 4 is 30.4 Å². The first-order valence-electron chi connectivity index (χ1n) is 7.27. The number of benzene rings is 1. The predicted octanol–water partition coefficient (Wildman–Crippen LogP) is 4.35. The second kappa shape index (κ2) is 8.37. The lowest BCUT2D eigenvalue weighted by Crippen LogP contribution is -2.14. The second-order valence-electron chi connectivity index (χ2n) is 5.33. The molecule has 1 unspecified atom stereocenters. The van der Waals surface area contributed by atoms with E-state index < -0.39 is 0 Å². The largest absolute Gasteiger partial charge is 0.326 e. The van der Waals surface area contributed by atoms with Crippen LogP contribution in [-0.4, -0.2) is 22.6 Å². The molecule has 5 heteroatoms. The van der Waals surface area contributed by atoms with Gasteiger partial charge in [-0.25, -0.2) is 4.98 Å². The van der Waals surface area contributed by atoms with Crippen LogP contribution < -0.4 is 5.32 Å². The molecule has 1 fully saturated rings. The van der Waals surface area contributed by atoms with Gasteiger partial charge in [0.2, 0.25) is 0 Å². The van der Waals surface area contributed by atoms with Gasteiger partial charge in [0.25, 0.3) is 0 Å². The van der Waals surface area contributed by atoms with Gasteiger partial charge in [-0.05, 0) is 32.4 Å². The minimum Gasteiger partial charge on any atom is -0.326 e. The quantitative estimate of drug-likeness (QED) is 0.900. The zero-order valence-corrected chi connectivity index (χ0v) is 14.6. The molecule has 0 radical (unpaired) electrons. The Labute approximate surface area is 144 Å². The summed E-state index contributed by atoms with van der Waals surface area (Å²) in [7, 11) is 0. The van der Waals surface area contributed by atoms with Crippen LogP contribution in [-0.2, 0) is 0 Å². The SMILES string of the molecule is CC=C(C)c1c(-c2ccccc2)ncn1C1CCNC1.Cl.Cl. The summed E-state index contributed by atoms with van der Waals surface area (Å²) in [5.41, 5.74) is 4.82. The van der Waals surface area contributed by atoms with Crippen molar-refractivity contribution in [2.75, 3.05) is 13.1 Å². The highest BCUT2D eigenvalue weighted by Gasteiger charge is 2.22. The average molecular weight is 340 g/mol. The molecule has 1 aliphatic heterocycles. The van der Waals surface area contributed by atoms with Gasteiger partial charge in [-0.3, -0.25) is 0 Å². The molecule has 1 aromatic carbocycles. The van der Waals surface area contributed by atoms with Crippen molar-refractivity contribution in [1.82, 2.24) is 14.9 Å². The minimum absolute atomic E-state index is 0. The molecule has 120 valence electrons.